The summed E-state index contributed by atoms with van der Waals surface area (Å²) < 4.78 is 0. The minimum atomic E-state index is -0.109. The zero-order valence-corrected chi connectivity index (χ0v) is 18.9. The first-order chi connectivity index (χ1) is 14.3. The normalized spacial score (nSPS) is 20.2. The highest BCUT2D eigenvalue weighted by atomic mass is 31.1. The van der Waals surface area contributed by atoms with Crippen LogP contribution in [0.2, 0.25) is 0 Å². The van der Waals surface area contributed by atoms with Crippen LogP contribution < -0.4 is 0 Å². The molecular formula is C26H37N2P. The molecule has 1 atom stereocenters. The van der Waals surface area contributed by atoms with Crippen LogP contribution in [0.15, 0.2) is 54.7 Å². The smallest absolute Gasteiger partial charge is 0.0725 e. The number of pyridine rings is 1. The molecule has 2 aliphatic carbocycles. The molecular weight excluding hydrogens is 371 g/mol. The lowest BCUT2D eigenvalue weighted by Gasteiger charge is -2.45. The molecule has 4 rings (SSSR count). The molecule has 0 spiro atoms. The van der Waals surface area contributed by atoms with E-state index in [4.69, 9.17) is 4.98 Å². The molecule has 0 N–H and O–H groups in total. The van der Waals surface area contributed by atoms with E-state index in [1.54, 1.807) is 0 Å². The van der Waals surface area contributed by atoms with Crippen molar-refractivity contribution in [1.82, 2.24) is 9.88 Å². The number of benzene rings is 1. The monoisotopic (exact) mass is 408 g/mol. The van der Waals surface area contributed by atoms with E-state index in [0.29, 0.717) is 5.78 Å². The average Bonchev–Trinajstić information content (AvgIpc) is 2.79. The first-order valence-electron chi connectivity index (χ1n) is 11.8. The molecule has 2 fully saturated rings. The topological polar surface area (TPSA) is 16.1 Å². The van der Waals surface area contributed by atoms with Crippen molar-refractivity contribution in [2.75, 3.05) is 7.05 Å². The zero-order valence-electron chi connectivity index (χ0n) is 18.0. The fourth-order valence-electron chi connectivity index (χ4n) is 5.55. The second-order valence-electron chi connectivity index (χ2n) is 9.06. The number of aromatic nitrogens is 1. The second-order valence-corrected chi connectivity index (χ2v) is 11.9. The first kappa shape index (κ1) is 21.0. The predicted octanol–water partition coefficient (Wildman–Crippen LogP) is 7.36. The second kappa shape index (κ2) is 10.7. The Morgan fingerprint density at radius 3 is 1.97 bits per heavy atom. The Hall–Kier alpha value is -1.24. The molecule has 0 aliphatic heterocycles. The van der Waals surface area contributed by atoms with Crippen molar-refractivity contribution in [3.63, 3.8) is 0 Å². The maximum absolute atomic E-state index is 4.93. The van der Waals surface area contributed by atoms with Crippen molar-refractivity contribution < 1.29 is 0 Å². The Balaban J connectivity index is 1.67. The molecule has 2 aromatic rings. The summed E-state index contributed by atoms with van der Waals surface area (Å²) in [7, 11) is 2.25. The van der Waals surface area contributed by atoms with Gasteiger partial charge in [-0.15, -0.1) is 0 Å². The molecule has 0 radical (unpaired) electrons. The molecule has 1 aromatic carbocycles. The molecule has 2 aliphatic rings. The third-order valence-corrected chi connectivity index (χ3v) is 10.9. The van der Waals surface area contributed by atoms with Gasteiger partial charge >= 0.3 is 0 Å². The lowest BCUT2D eigenvalue weighted by Crippen LogP contribution is -2.32. The van der Waals surface area contributed by atoms with Crippen molar-refractivity contribution in [3.05, 3.63) is 66.0 Å². The van der Waals surface area contributed by atoms with Crippen LogP contribution in [0.3, 0.4) is 0 Å². The summed E-state index contributed by atoms with van der Waals surface area (Å²) in [6.45, 7) is 1.01. The van der Waals surface area contributed by atoms with Gasteiger partial charge in [-0.05, 0) is 61.7 Å². The van der Waals surface area contributed by atoms with Crippen LogP contribution in [-0.2, 0) is 6.54 Å². The van der Waals surface area contributed by atoms with E-state index in [1.165, 1.54) is 75.5 Å². The SMILES string of the molecule is CN(Cc1ccccc1)C(c1ccccn1)P(C1CCCCC1)C1CCCCC1. The quantitative estimate of drug-likeness (QED) is 0.445. The lowest BCUT2D eigenvalue weighted by atomic mass is 9.99. The van der Waals surface area contributed by atoms with Gasteiger partial charge in [0.25, 0.3) is 0 Å². The van der Waals surface area contributed by atoms with Crippen molar-refractivity contribution in [2.45, 2.75) is 87.9 Å². The maximum atomic E-state index is 4.93. The third kappa shape index (κ3) is 5.47. The van der Waals surface area contributed by atoms with Gasteiger partial charge in [-0.2, -0.15) is 0 Å². The van der Waals surface area contributed by atoms with Crippen LogP contribution >= 0.6 is 7.92 Å². The van der Waals surface area contributed by atoms with Crippen LogP contribution in [0.1, 0.15) is 81.2 Å². The minimum Gasteiger partial charge on any atom is -0.290 e. The maximum Gasteiger partial charge on any atom is 0.0725 e. The highest BCUT2D eigenvalue weighted by Crippen LogP contribution is 2.65. The van der Waals surface area contributed by atoms with Gasteiger partial charge in [-0.3, -0.25) is 9.88 Å². The van der Waals surface area contributed by atoms with E-state index in [1.807, 2.05) is 6.20 Å². The van der Waals surface area contributed by atoms with Crippen LogP contribution in [0.25, 0.3) is 0 Å². The van der Waals surface area contributed by atoms with Gasteiger partial charge in [0, 0.05) is 12.7 Å². The molecule has 1 aromatic heterocycles. The molecule has 1 heterocycles. The number of hydrogen-bond donors (Lipinski definition) is 0. The lowest BCUT2D eigenvalue weighted by molar-refractivity contribution is 0.295. The molecule has 29 heavy (non-hydrogen) atoms. The van der Waals surface area contributed by atoms with E-state index in [-0.39, 0.29) is 7.92 Å². The largest absolute Gasteiger partial charge is 0.290 e. The summed E-state index contributed by atoms with van der Waals surface area (Å²) in [4.78, 5) is 7.57. The van der Waals surface area contributed by atoms with Gasteiger partial charge in [0.15, 0.2) is 0 Å². The summed E-state index contributed by atoms with van der Waals surface area (Å²) in [5, 5.41) is 0. The van der Waals surface area contributed by atoms with Gasteiger partial charge in [-0.1, -0.05) is 82.8 Å². The average molecular weight is 409 g/mol. The van der Waals surface area contributed by atoms with Crippen LogP contribution in [0, 0.1) is 0 Å². The fraction of sp³-hybridized carbons (Fsp3) is 0.577. The molecule has 1 unspecified atom stereocenters. The Labute approximate surface area is 178 Å². The van der Waals surface area contributed by atoms with Gasteiger partial charge in [0.2, 0.25) is 0 Å². The minimum absolute atomic E-state index is 0.109. The number of nitrogens with zero attached hydrogens (tertiary/aromatic N) is 2. The van der Waals surface area contributed by atoms with Crippen molar-refractivity contribution >= 4 is 7.92 Å². The van der Waals surface area contributed by atoms with Crippen LogP contribution in [0.5, 0.6) is 0 Å². The predicted molar refractivity (Wildman–Crippen MR) is 126 cm³/mol. The molecule has 0 amide bonds. The Morgan fingerprint density at radius 1 is 0.828 bits per heavy atom. The summed E-state index contributed by atoms with van der Waals surface area (Å²) in [5.74, 6) is 0.484. The molecule has 3 heteroatoms. The molecule has 2 saturated carbocycles. The molecule has 156 valence electrons. The summed E-state index contributed by atoms with van der Waals surface area (Å²) in [6.07, 6.45) is 16.4. The van der Waals surface area contributed by atoms with Gasteiger partial charge in [0.05, 0.1) is 11.5 Å². The van der Waals surface area contributed by atoms with E-state index < -0.39 is 0 Å². The Bertz CT molecular complexity index is 690. The molecule has 0 bridgehead atoms. The van der Waals surface area contributed by atoms with Crippen molar-refractivity contribution in [3.8, 4) is 0 Å². The Kier molecular flexibility index (Phi) is 7.74. The zero-order chi connectivity index (χ0) is 19.9. The molecule has 0 saturated heterocycles. The van der Waals surface area contributed by atoms with Crippen LogP contribution in [-0.4, -0.2) is 28.2 Å². The van der Waals surface area contributed by atoms with Gasteiger partial charge in [0.1, 0.15) is 0 Å². The summed E-state index contributed by atoms with van der Waals surface area (Å²) in [5.41, 5.74) is 4.57. The van der Waals surface area contributed by atoms with Crippen LogP contribution in [0.4, 0.5) is 0 Å². The first-order valence-corrected chi connectivity index (χ1v) is 13.3. The van der Waals surface area contributed by atoms with Gasteiger partial charge in [-0.25, -0.2) is 0 Å². The van der Waals surface area contributed by atoms with E-state index in [0.717, 1.165) is 17.9 Å². The fourth-order valence-corrected chi connectivity index (χ4v) is 9.86. The van der Waals surface area contributed by atoms with E-state index >= 15 is 0 Å². The third-order valence-electron chi connectivity index (χ3n) is 6.92. The summed E-state index contributed by atoms with van der Waals surface area (Å²) in [6, 6.07) is 17.6. The number of hydrogen-bond acceptors (Lipinski definition) is 2. The van der Waals surface area contributed by atoms with Crippen molar-refractivity contribution in [1.29, 1.82) is 0 Å². The highest BCUT2D eigenvalue weighted by molar-refractivity contribution is 7.59. The van der Waals surface area contributed by atoms with E-state index in [9.17, 15) is 0 Å². The van der Waals surface area contributed by atoms with E-state index in [2.05, 4.69) is 60.5 Å². The van der Waals surface area contributed by atoms with Crippen molar-refractivity contribution in [2.24, 2.45) is 0 Å². The van der Waals surface area contributed by atoms with Gasteiger partial charge < -0.3 is 0 Å². The standard InChI is InChI=1S/C26H37N2P/c1-28(21-22-13-5-2-6-14-22)26(25-19-11-12-20-27-25)29(23-15-7-3-8-16-23)24-17-9-4-10-18-24/h2,5-6,11-14,19-20,23-24,26H,3-4,7-10,15-18,21H2,1H3. The molecule has 2 nitrogen and oxygen atoms in total. The Morgan fingerprint density at radius 2 is 1.41 bits per heavy atom. The summed E-state index contributed by atoms with van der Waals surface area (Å²) >= 11 is 0. The number of rotatable bonds is 7. The highest BCUT2D eigenvalue weighted by Gasteiger charge is 2.39.